The third-order valence-electron chi connectivity index (χ3n) is 6.42. The fraction of sp³-hybridized carbons (Fsp3) is 0.524. The van der Waals surface area contributed by atoms with E-state index in [0.717, 1.165) is 18.9 Å². The second kappa shape index (κ2) is 8.85. The van der Waals surface area contributed by atoms with E-state index in [0.29, 0.717) is 35.4 Å². The number of pyridine rings is 1. The Balaban J connectivity index is 1.39. The average molecular weight is 517 g/mol. The van der Waals surface area contributed by atoms with Crippen LogP contribution in [0.15, 0.2) is 24.5 Å². The van der Waals surface area contributed by atoms with Crippen LogP contribution in [0.25, 0.3) is 5.65 Å². The van der Waals surface area contributed by atoms with Gasteiger partial charge < -0.3 is 19.7 Å². The maximum absolute atomic E-state index is 13.5. The molecule has 0 spiro atoms. The molecular weight excluding hydrogens is 496 g/mol. The first-order valence-electron chi connectivity index (χ1n) is 11.1. The van der Waals surface area contributed by atoms with Crippen molar-refractivity contribution < 1.29 is 35.8 Å². The molecule has 0 aromatic carbocycles. The maximum atomic E-state index is 13.5. The van der Waals surface area contributed by atoms with E-state index in [1.54, 1.807) is 6.07 Å². The zero-order valence-electron chi connectivity index (χ0n) is 18.8. The number of fused-ring (bicyclic) bond motifs is 3. The normalized spacial score (nSPS) is 22.2. The van der Waals surface area contributed by atoms with Crippen LogP contribution < -0.4 is 19.7 Å². The standard InChI is InChI=1S/C21H21F6N7O2/c1-35-16-6-15(28-10-29-16)33-7-11-2-3-12(8-33)17(11)30-19-31-18-13(36-9-20(22,23)24)4-5-14(21(25,26)27)34(18)32-19/h4-6,10-12,17H,2-3,7-9H2,1H3,(H,30,32)/t11-,12+,17-. The zero-order valence-corrected chi connectivity index (χ0v) is 18.8. The van der Waals surface area contributed by atoms with Gasteiger partial charge in [-0.05, 0) is 36.8 Å². The quantitative estimate of drug-likeness (QED) is 0.494. The van der Waals surface area contributed by atoms with Gasteiger partial charge in [0.05, 0.1) is 7.11 Å². The van der Waals surface area contributed by atoms with Crippen LogP contribution in [0.5, 0.6) is 11.6 Å². The average Bonchev–Trinajstić information content (AvgIpc) is 3.32. The summed E-state index contributed by atoms with van der Waals surface area (Å²) in [5.74, 6) is 0.840. The van der Waals surface area contributed by atoms with E-state index in [2.05, 4.69) is 30.3 Å². The molecule has 2 bridgehead atoms. The van der Waals surface area contributed by atoms with Crippen molar-refractivity contribution in [3.05, 3.63) is 30.2 Å². The number of methoxy groups -OCH3 is 1. The molecule has 1 aliphatic heterocycles. The van der Waals surface area contributed by atoms with Crippen molar-refractivity contribution in [3.8, 4) is 11.6 Å². The Morgan fingerprint density at radius 1 is 1.06 bits per heavy atom. The van der Waals surface area contributed by atoms with Crippen LogP contribution in [0.1, 0.15) is 18.5 Å². The van der Waals surface area contributed by atoms with E-state index < -0.39 is 36.1 Å². The van der Waals surface area contributed by atoms with Gasteiger partial charge in [-0.2, -0.15) is 31.3 Å². The summed E-state index contributed by atoms with van der Waals surface area (Å²) in [6, 6.07) is 3.05. The molecule has 3 aromatic heterocycles. The molecule has 1 N–H and O–H groups in total. The van der Waals surface area contributed by atoms with Crippen molar-refractivity contribution in [2.45, 2.75) is 31.2 Å². The summed E-state index contributed by atoms with van der Waals surface area (Å²) >= 11 is 0. The fourth-order valence-corrected chi connectivity index (χ4v) is 4.90. The monoisotopic (exact) mass is 517 g/mol. The molecule has 4 heterocycles. The number of nitrogens with zero attached hydrogens (tertiary/aromatic N) is 6. The molecular formula is C21H21F6N7O2. The lowest BCUT2D eigenvalue weighted by Crippen LogP contribution is -2.48. The Bertz CT molecular complexity index is 1230. The fourth-order valence-electron chi connectivity index (χ4n) is 4.90. The molecule has 9 nitrogen and oxygen atoms in total. The highest BCUT2D eigenvalue weighted by Crippen LogP contribution is 2.40. The predicted molar refractivity (Wildman–Crippen MR) is 114 cm³/mol. The first-order valence-corrected chi connectivity index (χ1v) is 11.1. The van der Waals surface area contributed by atoms with Crippen LogP contribution in [0.3, 0.4) is 0 Å². The minimum absolute atomic E-state index is 0.109. The molecule has 0 unspecified atom stereocenters. The molecule has 0 radical (unpaired) electrons. The third kappa shape index (κ3) is 4.78. The van der Waals surface area contributed by atoms with Gasteiger partial charge in [0.1, 0.15) is 17.8 Å². The van der Waals surface area contributed by atoms with Gasteiger partial charge in [-0.15, -0.1) is 5.10 Å². The Labute approximate surface area is 200 Å². The van der Waals surface area contributed by atoms with Crippen molar-refractivity contribution in [3.63, 3.8) is 0 Å². The Morgan fingerprint density at radius 2 is 1.78 bits per heavy atom. The van der Waals surface area contributed by atoms with Crippen LogP contribution in [-0.4, -0.2) is 63.6 Å². The van der Waals surface area contributed by atoms with Crippen LogP contribution >= 0.6 is 0 Å². The van der Waals surface area contributed by atoms with Gasteiger partial charge in [0.25, 0.3) is 0 Å². The largest absolute Gasteiger partial charge is 0.481 e. The summed E-state index contributed by atoms with van der Waals surface area (Å²) in [7, 11) is 1.51. The van der Waals surface area contributed by atoms with Crippen LogP contribution in [0, 0.1) is 11.8 Å². The van der Waals surface area contributed by atoms with Gasteiger partial charge in [0, 0.05) is 25.2 Å². The topological polar surface area (TPSA) is 89.7 Å². The Morgan fingerprint density at radius 3 is 2.42 bits per heavy atom. The van der Waals surface area contributed by atoms with Gasteiger partial charge in [0.15, 0.2) is 18.0 Å². The number of hydrogen-bond acceptors (Lipinski definition) is 8. The highest BCUT2D eigenvalue weighted by atomic mass is 19.4. The van der Waals surface area contributed by atoms with Gasteiger partial charge in [-0.25, -0.2) is 14.5 Å². The molecule has 3 atom stereocenters. The molecule has 1 saturated heterocycles. The zero-order chi connectivity index (χ0) is 25.7. The van der Waals surface area contributed by atoms with Crippen molar-refractivity contribution >= 4 is 17.4 Å². The van der Waals surface area contributed by atoms with Gasteiger partial charge >= 0.3 is 12.4 Å². The number of halogens is 6. The van der Waals surface area contributed by atoms with Crippen molar-refractivity contribution in [1.82, 2.24) is 24.6 Å². The van der Waals surface area contributed by atoms with Crippen LogP contribution in [0.4, 0.5) is 38.1 Å². The summed E-state index contributed by atoms with van der Waals surface area (Å²) in [6.07, 6.45) is -6.29. The van der Waals surface area contributed by atoms with Crippen molar-refractivity contribution in [1.29, 1.82) is 0 Å². The molecule has 3 aromatic rings. The Hall–Kier alpha value is -3.52. The van der Waals surface area contributed by atoms with E-state index in [1.165, 1.54) is 13.4 Å². The molecule has 194 valence electrons. The minimum atomic E-state index is -4.80. The number of ether oxygens (including phenoxy) is 2. The lowest BCUT2D eigenvalue weighted by Gasteiger charge is -2.38. The minimum Gasteiger partial charge on any atom is -0.481 e. The molecule has 15 heteroatoms. The second-order valence-corrected chi connectivity index (χ2v) is 8.75. The predicted octanol–water partition coefficient (Wildman–Crippen LogP) is 3.81. The second-order valence-electron chi connectivity index (χ2n) is 8.75. The van der Waals surface area contributed by atoms with E-state index in [1.807, 2.05) is 0 Å². The molecule has 2 aliphatic rings. The number of piperidine rings is 1. The number of anilines is 2. The lowest BCUT2D eigenvalue weighted by molar-refractivity contribution is -0.153. The van der Waals surface area contributed by atoms with E-state index in [-0.39, 0.29) is 23.8 Å². The van der Waals surface area contributed by atoms with Crippen molar-refractivity contribution in [2.75, 3.05) is 37.0 Å². The number of hydrogen-bond donors (Lipinski definition) is 1. The van der Waals surface area contributed by atoms with Crippen LogP contribution in [0.2, 0.25) is 0 Å². The lowest BCUT2D eigenvalue weighted by atomic mass is 9.92. The smallest absolute Gasteiger partial charge is 0.433 e. The van der Waals surface area contributed by atoms with E-state index in [9.17, 15) is 26.3 Å². The van der Waals surface area contributed by atoms with E-state index in [4.69, 9.17) is 9.47 Å². The number of aromatic nitrogens is 5. The molecule has 36 heavy (non-hydrogen) atoms. The SMILES string of the molecule is COc1cc(N2C[C@H]3CC[C@@H](C2)[C@@H]3Nc2nc3c(OCC(F)(F)F)ccc(C(F)(F)F)n3n2)ncn1. The number of alkyl halides is 6. The van der Waals surface area contributed by atoms with Gasteiger partial charge in [-0.3, -0.25) is 0 Å². The van der Waals surface area contributed by atoms with Crippen molar-refractivity contribution in [2.24, 2.45) is 11.8 Å². The highest BCUT2D eigenvalue weighted by molar-refractivity contribution is 5.57. The van der Waals surface area contributed by atoms with Crippen LogP contribution in [-0.2, 0) is 6.18 Å². The maximum Gasteiger partial charge on any atom is 0.433 e. The first-order chi connectivity index (χ1) is 17.0. The van der Waals surface area contributed by atoms with Gasteiger partial charge in [0.2, 0.25) is 11.8 Å². The van der Waals surface area contributed by atoms with Gasteiger partial charge in [-0.1, -0.05) is 0 Å². The summed E-state index contributed by atoms with van der Waals surface area (Å²) in [6.45, 7) is -0.398. The third-order valence-corrected chi connectivity index (χ3v) is 6.42. The molecule has 0 amide bonds. The molecule has 1 saturated carbocycles. The summed E-state index contributed by atoms with van der Waals surface area (Å²) in [5, 5.41) is 7.07. The molecule has 1 aliphatic carbocycles. The Kier molecular flexibility index (Phi) is 5.95. The highest BCUT2D eigenvalue weighted by Gasteiger charge is 2.43. The molecule has 5 rings (SSSR count). The summed E-state index contributed by atoms with van der Waals surface area (Å²) in [4.78, 5) is 14.5. The number of rotatable bonds is 6. The summed E-state index contributed by atoms with van der Waals surface area (Å²) < 4.78 is 88.8. The first kappa shape index (κ1) is 24.2. The van der Waals surface area contributed by atoms with E-state index >= 15 is 0 Å². The molecule has 2 fully saturated rings. The summed E-state index contributed by atoms with van der Waals surface area (Å²) in [5.41, 5.74) is -1.62. The number of nitrogens with one attached hydrogen (secondary N) is 1.